The minimum absolute atomic E-state index is 0.00717. The highest BCUT2D eigenvalue weighted by Gasteiger charge is 2.33. The smallest absolute Gasteiger partial charge is 0.407 e. The Hall–Kier alpha value is -4.99. The molecule has 9 nitrogen and oxygen atoms in total. The van der Waals surface area contributed by atoms with Gasteiger partial charge in [0, 0.05) is 18.2 Å². The predicted octanol–water partition coefficient (Wildman–Crippen LogP) is 6.34. The van der Waals surface area contributed by atoms with Gasteiger partial charge in [-0.25, -0.2) is 9.78 Å². The minimum atomic E-state index is -0.936. The second kappa shape index (κ2) is 14.6. The van der Waals surface area contributed by atoms with Gasteiger partial charge in [-0.2, -0.15) is 0 Å². The topological polar surface area (TPSA) is 117 Å². The zero-order chi connectivity index (χ0) is 32.8. The number of hydrogen-bond donors (Lipinski definition) is 4. The van der Waals surface area contributed by atoms with Crippen LogP contribution in [-0.4, -0.2) is 54.4 Å². The molecule has 0 saturated carbocycles. The van der Waals surface area contributed by atoms with E-state index in [1.165, 1.54) is 18.2 Å². The van der Waals surface area contributed by atoms with Crippen molar-refractivity contribution in [3.63, 3.8) is 0 Å². The van der Waals surface area contributed by atoms with Crippen molar-refractivity contribution in [3.05, 3.63) is 131 Å². The Morgan fingerprint density at radius 1 is 0.936 bits per heavy atom. The summed E-state index contributed by atoms with van der Waals surface area (Å²) in [6.45, 7) is 5.41. The number of nitrogens with one attached hydrogen (secondary N) is 4. The predicted molar refractivity (Wildman–Crippen MR) is 183 cm³/mol. The zero-order valence-corrected chi connectivity index (χ0v) is 27.0. The van der Waals surface area contributed by atoms with Gasteiger partial charge in [0.05, 0.1) is 36.9 Å². The number of morpholine rings is 1. The molecule has 2 amide bonds. The number of aromatic nitrogens is 2. The molecule has 0 bridgehead atoms. The van der Waals surface area contributed by atoms with E-state index in [0.29, 0.717) is 25.3 Å². The second-order valence-electron chi connectivity index (χ2n) is 12.1. The summed E-state index contributed by atoms with van der Waals surface area (Å²) in [7, 11) is 1.29. The van der Waals surface area contributed by atoms with Crippen molar-refractivity contribution in [2.45, 2.75) is 50.8 Å². The molecule has 0 radical (unpaired) electrons. The van der Waals surface area contributed by atoms with E-state index in [-0.39, 0.29) is 18.1 Å². The molecular formula is C38H41N5O4. The summed E-state index contributed by atoms with van der Waals surface area (Å²) >= 11 is 0. The molecule has 3 atom stereocenters. The van der Waals surface area contributed by atoms with Gasteiger partial charge in [0.15, 0.2) is 0 Å². The molecule has 242 valence electrons. The summed E-state index contributed by atoms with van der Waals surface area (Å²) in [4.78, 5) is 34.9. The number of nitrogens with zero attached hydrogens (tertiary/aromatic N) is 1. The quantitative estimate of drug-likeness (QED) is 0.143. The number of imidazole rings is 1. The van der Waals surface area contributed by atoms with Gasteiger partial charge in [-0.05, 0) is 72.7 Å². The molecule has 4 aromatic carbocycles. The van der Waals surface area contributed by atoms with Crippen molar-refractivity contribution in [1.29, 1.82) is 0 Å². The highest BCUT2D eigenvalue weighted by atomic mass is 16.5. The summed E-state index contributed by atoms with van der Waals surface area (Å²) in [5, 5.41) is 9.53. The van der Waals surface area contributed by atoms with E-state index < -0.39 is 18.1 Å². The number of anilines is 1. The summed E-state index contributed by atoms with van der Waals surface area (Å²) in [6, 6.07) is 30.5. The van der Waals surface area contributed by atoms with E-state index in [4.69, 9.17) is 14.5 Å². The third-order valence-corrected chi connectivity index (χ3v) is 8.94. The average Bonchev–Trinajstić information content (AvgIpc) is 3.51. The number of carbonyl (C=O) groups is 2. The summed E-state index contributed by atoms with van der Waals surface area (Å²) in [5.74, 6) is 0.101. The number of para-hydroxylation sites is 1. The molecule has 1 fully saturated rings. The Morgan fingerprint density at radius 3 is 2.26 bits per heavy atom. The molecule has 4 N–H and O–H groups in total. The lowest BCUT2D eigenvalue weighted by molar-refractivity contribution is -0.118. The molecule has 47 heavy (non-hydrogen) atoms. The van der Waals surface area contributed by atoms with Crippen LogP contribution < -0.4 is 16.0 Å². The number of aryl methyl sites for hydroxylation is 3. The van der Waals surface area contributed by atoms with Crippen LogP contribution in [0, 0.1) is 13.8 Å². The van der Waals surface area contributed by atoms with Crippen LogP contribution in [0.25, 0.3) is 11.0 Å². The monoisotopic (exact) mass is 631 g/mol. The molecule has 5 aromatic rings. The molecule has 1 aromatic heterocycles. The van der Waals surface area contributed by atoms with Crippen LogP contribution >= 0.6 is 0 Å². The lowest BCUT2D eigenvalue weighted by Crippen LogP contribution is -2.48. The number of rotatable bonds is 10. The van der Waals surface area contributed by atoms with Gasteiger partial charge in [-0.1, -0.05) is 78.9 Å². The van der Waals surface area contributed by atoms with Crippen LogP contribution in [0.3, 0.4) is 0 Å². The average molecular weight is 632 g/mol. The first kappa shape index (κ1) is 32.0. The van der Waals surface area contributed by atoms with Crippen LogP contribution in [0.2, 0.25) is 0 Å². The third kappa shape index (κ3) is 7.53. The first-order valence-corrected chi connectivity index (χ1v) is 16.0. The van der Waals surface area contributed by atoms with Crippen molar-refractivity contribution in [3.8, 4) is 0 Å². The summed E-state index contributed by atoms with van der Waals surface area (Å²) in [5.41, 5.74) is 7.95. The first-order valence-electron chi connectivity index (χ1n) is 16.0. The number of aromatic amines is 1. The van der Waals surface area contributed by atoms with E-state index in [2.05, 4.69) is 46.9 Å². The fraction of sp³-hybridized carbons (Fsp3) is 0.289. The maximum absolute atomic E-state index is 14.1. The highest BCUT2D eigenvalue weighted by molar-refractivity contribution is 5.98. The number of carbonyl (C=O) groups excluding carboxylic acids is 2. The molecule has 1 aliphatic rings. The van der Waals surface area contributed by atoms with Gasteiger partial charge in [-0.15, -0.1) is 0 Å². The van der Waals surface area contributed by atoms with Gasteiger partial charge < -0.3 is 30.4 Å². The third-order valence-electron chi connectivity index (χ3n) is 8.94. The molecule has 9 heteroatoms. The molecule has 6 rings (SSSR count). The number of ether oxygens (including phenoxy) is 2. The van der Waals surface area contributed by atoms with E-state index in [0.717, 1.165) is 40.0 Å². The van der Waals surface area contributed by atoms with E-state index in [1.807, 2.05) is 84.9 Å². The second-order valence-corrected chi connectivity index (χ2v) is 12.1. The Labute approximate surface area is 275 Å². The molecule has 0 aliphatic carbocycles. The normalized spacial score (nSPS) is 16.9. The Balaban J connectivity index is 1.13. The Morgan fingerprint density at radius 2 is 1.60 bits per heavy atom. The number of H-pyrrole nitrogens is 1. The molecule has 1 saturated heterocycles. The molecule has 1 aliphatic heterocycles. The van der Waals surface area contributed by atoms with Gasteiger partial charge >= 0.3 is 6.09 Å². The standard InChI is InChI=1S/C38H41N5O4/c1-24-20-31-32(21-25(24)2)41-36(40-31)33-23-47-29(22-39-33)19-18-26-12-10-11-17-30(26)42-37(44)35(43-38(45)46-3)34(27-13-6-4-7-14-27)28-15-8-5-9-16-28/h4-17,20-21,29,33-35,39H,18-19,22-23H2,1-3H3,(H,40,41)(H,42,44)(H,43,45)/t29-,33+,35+/m1/s1. The SMILES string of the molecule is COC(=O)N[C@H](C(=O)Nc1ccccc1CC[C@@H]1CN[C@H](c2nc3cc(C)c(C)cc3[nH]2)CO1)C(c1ccccc1)c1ccccc1. The van der Waals surface area contributed by atoms with Gasteiger partial charge in [0.1, 0.15) is 11.9 Å². The lowest BCUT2D eigenvalue weighted by atomic mass is 9.84. The van der Waals surface area contributed by atoms with E-state index in [9.17, 15) is 9.59 Å². The van der Waals surface area contributed by atoms with E-state index in [1.54, 1.807) is 0 Å². The van der Waals surface area contributed by atoms with Crippen LogP contribution in [0.1, 0.15) is 52.0 Å². The number of methoxy groups -OCH3 is 1. The number of alkyl carbamates (subject to hydrolysis) is 1. The highest BCUT2D eigenvalue weighted by Crippen LogP contribution is 2.30. The summed E-state index contributed by atoms with van der Waals surface area (Å²) < 4.78 is 11.2. The van der Waals surface area contributed by atoms with Gasteiger partial charge in [-0.3, -0.25) is 4.79 Å². The van der Waals surface area contributed by atoms with Crippen molar-refractivity contribution in [1.82, 2.24) is 20.6 Å². The van der Waals surface area contributed by atoms with Crippen molar-refractivity contribution >= 4 is 28.7 Å². The fourth-order valence-corrected chi connectivity index (χ4v) is 6.21. The number of fused-ring (bicyclic) bond motifs is 1. The van der Waals surface area contributed by atoms with Crippen molar-refractivity contribution in [2.24, 2.45) is 0 Å². The van der Waals surface area contributed by atoms with Gasteiger partial charge in [0.25, 0.3) is 0 Å². The van der Waals surface area contributed by atoms with Crippen LogP contribution in [0.4, 0.5) is 10.5 Å². The number of hydrogen-bond acceptors (Lipinski definition) is 6. The van der Waals surface area contributed by atoms with Crippen molar-refractivity contribution in [2.75, 3.05) is 25.6 Å². The van der Waals surface area contributed by atoms with Gasteiger partial charge in [0.2, 0.25) is 5.91 Å². The Bertz CT molecular complexity index is 1740. The van der Waals surface area contributed by atoms with Crippen LogP contribution in [0.5, 0.6) is 0 Å². The minimum Gasteiger partial charge on any atom is -0.453 e. The number of amides is 2. The lowest BCUT2D eigenvalue weighted by Gasteiger charge is -2.30. The molecule has 0 unspecified atom stereocenters. The molecule has 2 heterocycles. The van der Waals surface area contributed by atoms with Crippen LogP contribution in [-0.2, 0) is 20.7 Å². The zero-order valence-electron chi connectivity index (χ0n) is 27.0. The van der Waals surface area contributed by atoms with Crippen molar-refractivity contribution < 1.29 is 19.1 Å². The summed E-state index contributed by atoms with van der Waals surface area (Å²) in [6.07, 6.45) is 0.805. The maximum atomic E-state index is 14.1. The number of benzene rings is 4. The largest absolute Gasteiger partial charge is 0.453 e. The Kier molecular flexibility index (Phi) is 9.94. The maximum Gasteiger partial charge on any atom is 0.407 e. The molecular weight excluding hydrogens is 590 g/mol. The van der Waals surface area contributed by atoms with E-state index >= 15 is 0 Å². The van der Waals surface area contributed by atoms with Crippen LogP contribution in [0.15, 0.2) is 97.1 Å². The fourth-order valence-electron chi connectivity index (χ4n) is 6.21. The molecule has 0 spiro atoms. The first-order chi connectivity index (χ1) is 22.9.